The first kappa shape index (κ1) is 24.1. The number of likely N-dealkylation sites (tertiary alicyclic amines) is 1. The van der Waals surface area contributed by atoms with E-state index in [1.54, 1.807) is 30.3 Å². The quantitative estimate of drug-likeness (QED) is 0.258. The highest BCUT2D eigenvalue weighted by atomic mass is 16.5. The number of hydrogen-bond acceptors (Lipinski definition) is 6. The molecule has 1 saturated heterocycles. The molecular weight excluding hydrogens is 446 g/mol. The lowest BCUT2D eigenvalue weighted by molar-refractivity contribution is -0.140. The van der Waals surface area contributed by atoms with Crippen molar-refractivity contribution in [3.8, 4) is 11.5 Å². The zero-order valence-electron chi connectivity index (χ0n) is 20.1. The summed E-state index contributed by atoms with van der Waals surface area (Å²) < 4.78 is 16.8. The van der Waals surface area contributed by atoms with Crippen molar-refractivity contribution < 1.29 is 28.6 Å². The van der Waals surface area contributed by atoms with E-state index in [2.05, 4.69) is 6.92 Å². The maximum absolute atomic E-state index is 13.3. The first-order chi connectivity index (χ1) is 17.0. The van der Waals surface area contributed by atoms with Gasteiger partial charge in [-0.3, -0.25) is 9.59 Å². The molecule has 7 nitrogen and oxygen atoms in total. The molecule has 35 heavy (non-hydrogen) atoms. The van der Waals surface area contributed by atoms with E-state index in [4.69, 9.17) is 13.9 Å². The highest BCUT2D eigenvalue weighted by Crippen LogP contribution is 2.42. The minimum Gasteiger partial charge on any atom is -0.507 e. The fourth-order valence-corrected chi connectivity index (χ4v) is 4.27. The number of carbonyl (C=O) groups excluding carboxylic acids is 2. The highest BCUT2D eigenvalue weighted by molar-refractivity contribution is 6.46. The van der Waals surface area contributed by atoms with Crippen LogP contribution in [0.25, 0.3) is 5.76 Å². The Balaban J connectivity index is 1.87. The van der Waals surface area contributed by atoms with Crippen LogP contribution in [0, 0.1) is 0 Å². The van der Waals surface area contributed by atoms with E-state index >= 15 is 0 Å². The lowest BCUT2D eigenvalue weighted by Gasteiger charge is -2.25. The number of benzene rings is 2. The summed E-state index contributed by atoms with van der Waals surface area (Å²) in [6, 6.07) is 15.4. The minimum atomic E-state index is -0.785. The zero-order valence-corrected chi connectivity index (χ0v) is 20.1. The molecule has 4 rings (SSSR count). The van der Waals surface area contributed by atoms with Gasteiger partial charge < -0.3 is 23.9 Å². The molecule has 1 fully saturated rings. The summed E-state index contributed by atoms with van der Waals surface area (Å²) in [6.45, 7) is 6.68. The average molecular weight is 476 g/mol. The highest BCUT2D eigenvalue weighted by Gasteiger charge is 2.46. The van der Waals surface area contributed by atoms with Gasteiger partial charge in [0.2, 0.25) is 0 Å². The molecule has 0 spiro atoms. The van der Waals surface area contributed by atoms with Gasteiger partial charge in [-0.25, -0.2) is 0 Å². The van der Waals surface area contributed by atoms with Crippen molar-refractivity contribution in [3.63, 3.8) is 0 Å². The molecule has 1 atom stereocenters. The molecule has 0 aliphatic carbocycles. The summed E-state index contributed by atoms with van der Waals surface area (Å²) in [6.07, 6.45) is 2.38. The fourth-order valence-electron chi connectivity index (χ4n) is 4.27. The summed E-state index contributed by atoms with van der Waals surface area (Å²) in [5.74, 6) is -0.253. The average Bonchev–Trinajstić information content (AvgIpc) is 3.47. The number of Topliss-reactive ketones (excluding diaryl/α,β-unsaturated/α-hetero) is 1. The van der Waals surface area contributed by atoms with Gasteiger partial charge in [0.15, 0.2) is 0 Å². The maximum Gasteiger partial charge on any atom is 0.296 e. The van der Waals surface area contributed by atoms with Crippen LogP contribution in [-0.2, 0) is 22.6 Å². The number of furan rings is 1. The third kappa shape index (κ3) is 4.80. The van der Waals surface area contributed by atoms with Crippen molar-refractivity contribution in [3.05, 3.63) is 88.9 Å². The Morgan fingerprint density at radius 2 is 1.74 bits per heavy atom. The Hall–Kier alpha value is -4.00. The van der Waals surface area contributed by atoms with Crippen molar-refractivity contribution in [1.82, 2.24) is 4.90 Å². The molecule has 7 heteroatoms. The number of aryl methyl sites for hydroxylation is 1. The van der Waals surface area contributed by atoms with Gasteiger partial charge in [-0.15, -0.1) is 0 Å². The molecule has 2 heterocycles. The van der Waals surface area contributed by atoms with Crippen LogP contribution in [0.15, 0.2) is 70.9 Å². The van der Waals surface area contributed by atoms with Crippen LogP contribution in [0.2, 0.25) is 0 Å². The SMILES string of the molecule is CCOc1ccc(/C(O)=C2/C(=O)C(=O)N(Cc3ccco3)C2c2ccc(CC)cc2)c(OCC)c1. The van der Waals surface area contributed by atoms with Gasteiger partial charge in [0, 0.05) is 6.07 Å². The van der Waals surface area contributed by atoms with Crippen molar-refractivity contribution in [2.75, 3.05) is 13.2 Å². The Labute approximate surface area is 204 Å². The second kappa shape index (κ2) is 10.5. The molecule has 182 valence electrons. The van der Waals surface area contributed by atoms with Crippen molar-refractivity contribution in [1.29, 1.82) is 0 Å². The molecular formula is C28H29NO6. The number of carbonyl (C=O) groups is 2. The number of nitrogens with zero attached hydrogens (tertiary/aromatic N) is 1. The third-order valence-electron chi connectivity index (χ3n) is 5.97. The number of aliphatic hydroxyl groups is 1. The standard InChI is InChI=1S/C28H29NO6/c1-4-18-9-11-19(12-10-18)25-24(27(31)28(32)29(25)17-21-8-7-15-35-21)26(30)22-14-13-20(33-5-2)16-23(22)34-6-3/h7-16,25,30H,4-6,17H2,1-3H3/b26-24-. The monoisotopic (exact) mass is 475 g/mol. The largest absolute Gasteiger partial charge is 0.507 e. The van der Waals surface area contributed by atoms with Crippen molar-refractivity contribution >= 4 is 17.4 Å². The first-order valence-electron chi connectivity index (χ1n) is 11.8. The molecule has 0 bridgehead atoms. The molecule has 0 radical (unpaired) electrons. The van der Waals surface area contributed by atoms with Gasteiger partial charge >= 0.3 is 0 Å². The van der Waals surface area contributed by atoms with Gasteiger partial charge in [-0.05, 0) is 55.7 Å². The second-order valence-corrected chi connectivity index (χ2v) is 8.13. The van der Waals surface area contributed by atoms with Crippen LogP contribution < -0.4 is 9.47 Å². The smallest absolute Gasteiger partial charge is 0.296 e. The fraction of sp³-hybridized carbons (Fsp3) is 0.286. The normalized spacial score (nSPS) is 17.1. The molecule has 1 aromatic heterocycles. The van der Waals surface area contributed by atoms with Crippen LogP contribution in [0.4, 0.5) is 0 Å². The molecule has 1 unspecified atom stereocenters. The van der Waals surface area contributed by atoms with Gasteiger partial charge in [0.05, 0.1) is 43.2 Å². The zero-order chi connectivity index (χ0) is 24.9. The summed E-state index contributed by atoms with van der Waals surface area (Å²) in [5, 5.41) is 11.4. The molecule has 2 aromatic carbocycles. The van der Waals surface area contributed by atoms with Gasteiger partial charge in [0.25, 0.3) is 11.7 Å². The van der Waals surface area contributed by atoms with Crippen LogP contribution in [0.1, 0.15) is 49.3 Å². The Bertz CT molecular complexity index is 1230. The Kier molecular flexibility index (Phi) is 7.25. The number of ketones is 1. The molecule has 1 amide bonds. The Morgan fingerprint density at radius 1 is 1.00 bits per heavy atom. The Morgan fingerprint density at radius 3 is 2.37 bits per heavy atom. The summed E-state index contributed by atoms with van der Waals surface area (Å²) in [4.78, 5) is 27.9. The summed E-state index contributed by atoms with van der Waals surface area (Å²) >= 11 is 0. The van der Waals surface area contributed by atoms with E-state index < -0.39 is 17.7 Å². The second-order valence-electron chi connectivity index (χ2n) is 8.13. The van der Waals surface area contributed by atoms with Gasteiger partial charge in [-0.1, -0.05) is 31.2 Å². The van der Waals surface area contributed by atoms with Gasteiger partial charge in [0.1, 0.15) is 23.0 Å². The molecule has 1 N–H and O–H groups in total. The summed E-state index contributed by atoms with van der Waals surface area (Å²) in [5.41, 5.74) is 2.18. The third-order valence-corrected chi connectivity index (χ3v) is 5.97. The predicted octanol–water partition coefficient (Wildman–Crippen LogP) is 5.26. The van der Waals surface area contributed by atoms with Crippen molar-refractivity contribution in [2.45, 2.75) is 39.8 Å². The van der Waals surface area contributed by atoms with E-state index in [1.165, 1.54) is 11.2 Å². The van der Waals surface area contributed by atoms with E-state index in [0.29, 0.717) is 36.0 Å². The topological polar surface area (TPSA) is 89.2 Å². The number of aliphatic hydroxyl groups excluding tert-OH is 1. The lowest BCUT2D eigenvalue weighted by atomic mass is 9.94. The van der Waals surface area contributed by atoms with Crippen LogP contribution >= 0.6 is 0 Å². The number of amides is 1. The van der Waals surface area contributed by atoms with Gasteiger partial charge in [-0.2, -0.15) is 0 Å². The maximum atomic E-state index is 13.3. The number of rotatable bonds is 9. The molecule has 1 aliphatic heterocycles. The minimum absolute atomic E-state index is 0.0101. The summed E-state index contributed by atoms with van der Waals surface area (Å²) in [7, 11) is 0. The predicted molar refractivity (Wildman–Crippen MR) is 131 cm³/mol. The first-order valence-corrected chi connectivity index (χ1v) is 11.8. The van der Waals surface area contributed by atoms with Crippen LogP contribution in [-0.4, -0.2) is 34.9 Å². The number of ether oxygens (including phenoxy) is 2. The number of hydrogen-bond donors (Lipinski definition) is 1. The van der Waals surface area contributed by atoms with Crippen LogP contribution in [0.3, 0.4) is 0 Å². The van der Waals surface area contributed by atoms with E-state index in [-0.39, 0.29) is 17.9 Å². The lowest BCUT2D eigenvalue weighted by Crippen LogP contribution is -2.29. The van der Waals surface area contributed by atoms with E-state index in [0.717, 1.165) is 17.5 Å². The van der Waals surface area contributed by atoms with E-state index in [1.807, 2.05) is 38.1 Å². The van der Waals surface area contributed by atoms with Crippen LogP contribution in [0.5, 0.6) is 11.5 Å². The molecule has 3 aromatic rings. The molecule has 0 saturated carbocycles. The van der Waals surface area contributed by atoms with E-state index in [9.17, 15) is 14.7 Å². The molecule has 1 aliphatic rings. The van der Waals surface area contributed by atoms with Crippen molar-refractivity contribution in [2.24, 2.45) is 0 Å².